The van der Waals surface area contributed by atoms with E-state index in [9.17, 15) is 4.79 Å². The summed E-state index contributed by atoms with van der Waals surface area (Å²) >= 11 is 0. The highest BCUT2D eigenvalue weighted by Gasteiger charge is 2.13. The van der Waals surface area contributed by atoms with Gasteiger partial charge in [-0.1, -0.05) is 48.5 Å². The summed E-state index contributed by atoms with van der Waals surface area (Å²) in [6.07, 6.45) is 0. The molecule has 0 aromatic heterocycles. The van der Waals surface area contributed by atoms with Crippen molar-refractivity contribution < 1.29 is 9.53 Å². The fourth-order valence-electron chi connectivity index (χ4n) is 2.80. The van der Waals surface area contributed by atoms with Gasteiger partial charge in [0, 0.05) is 5.56 Å². The zero-order chi connectivity index (χ0) is 16.9. The highest BCUT2D eigenvalue weighted by atomic mass is 16.5. The van der Waals surface area contributed by atoms with E-state index in [-0.39, 0.29) is 11.9 Å². The smallest absolute Gasteiger partial charge is 0.252 e. The highest BCUT2D eigenvalue weighted by Crippen LogP contribution is 2.21. The Balaban J connectivity index is 1.78. The first-order valence-electron chi connectivity index (χ1n) is 8.20. The molecule has 0 radical (unpaired) electrons. The Morgan fingerprint density at radius 2 is 1.71 bits per heavy atom. The zero-order valence-corrected chi connectivity index (χ0v) is 14.0. The van der Waals surface area contributed by atoms with Crippen molar-refractivity contribution >= 4 is 16.7 Å². The van der Waals surface area contributed by atoms with Crippen molar-refractivity contribution in [1.29, 1.82) is 0 Å². The van der Waals surface area contributed by atoms with Crippen molar-refractivity contribution in [3.63, 3.8) is 0 Å². The van der Waals surface area contributed by atoms with Gasteiger partial charge in [0.2, 0.25) is 0 Å². The molecule has 0 saturated carbocycles. The van der Waals surface area contributed by atoms with E-state index in [2.05, 4.69) is 5.32 Å². The van der Waals surface area contributed by atoms with Crippen LogP contribution in [0.2, 0.25) is 0 Å². The predicted molar refractivity (Wildman–Crippen MR) is 97.4 cm³/mol. The van der Waals surface area contributed by atoms with Gasteiger partial charge in [-0.05, 0) is 48.4 Å². The zero-order valence-electron chi connectivity index (χ0n) is 14.0. The average molecular weight is 319 g/mol. The van der Waals surface area contributed by atoms with Crippen LogP contribution in [0, 0.1) is 0 Å². The number of carbonyl (C=O) groups excluding carboxylic acids is 1. The van der Waals surface area contributed by atoms with Crippen LogP contribution in [0.4, 0.5) is 0 Å². The quantitative estimate of drug-likeness (QED) is 0.738. The predicted octanol–water partition coefficient (Wildman–Crippen LogP) is 4.73. The van der Waals surface area contributed by atoms with Crippen molar-refractivity contribution in [3.8, 4) is 5.75 Å². The molecule has 3 aromatic rings. The van der Waals surface area contributed by atoms with E-state index in [0.29, 0.717) is 12.2 Å². The summed E-state index contributed by atoms with van der Waals surface area (Å²) in [4.78, 5) is 12.7. The van der Waals surface area contributed by atoms with Gasteiger partial charge in [0.25, 0.3) is 5.91 Å². The molecular formula is C21H21NO2. The number of amides is 1. The Morgan fingerprint density at radius 1 is 1.00 bits per heavy atom. The van der Waals surface area contributed by atoms with Gasteiger partial charge in [0.1, 0.15) is 5.75 Å². The number of carbonyl (C=O) groups is 1. The van der Waals surface area contributed by atoms with Crippen LogP contribution in [0.15, 0.2) is 66.7 Å². The van der Waals surface area contributed by atoms with Gasteiger partial charge in [-0.25, -0.2) is 0 Å². The number of fused-ring (bicyclic) bond motifs is 1. The van der Waals surface area contributed by atoms with Crippen molar-refractivity contribution in [3.05, 3.63) is 77.9 Å². The van der Waals surface area contributed by atoms with Gasteiger partial charge >= 0.3 is 0 Å². The molecule has 24 heavy (non-hydrogen) atoms. The van der Waals surface area contributed by atoms with Crippen LogP contribution in [-0.4, -0.2) is 12.5 Å². The molecule has 0 aliphatic heterocycles. The lowest BCUT2D eigenvalue weighted by molar-refractivity contribution is 0.0941. The van der Waals surface area contributed by atoms with Gasteiger partial charge < -0.3 is 10.1 Å². The van der Waals surface area contributed by atoms with E-state index < -0.39 is 0 Å². The molecule has 0 fully saturated rings. The number of nitrogens with one attached hydrogen (secondary N) is 1. The molecule has 3 rings (SSSR count). The van der Waals surface area contributed by atoms with E-state index in [0.717, 1.165) is 22.1 Å². The van der Waals surface area contributed by atoms with Gasteiger partial charge in [0.05, 0.1) is 12.6 Å². The van der Waals surface area contributed by atoms with E-state index in [1.165, 1.54) is 0 Å². The van der Waals surface area contributed by atoms with Crippen molar-refractivity contribution in [2.75, 3.05) is 6.61 Å². The minimum atomic E-state index is -0.0767. The molecule has 0 heterocycles. The third kappa shape index (κ3) is 3.40. The van der Waals surface area contributed by atoms with Crippen LogP contribution in [0.25, 0.3) is 10.8 Å². The first kappa shape index (κ1) is 16.1. The molecule has 122 valence electrons. The largest absolute Gasteiger partial charge is 0.494 e. The monoisotopic (exact) mass is 319 g/mol. The third-order valence-corrected chi connectivity index (χ3v) is 4.07. The van der Waals surface area contributed by atoms with E-state index in [4.69, 9.17) is 4.74 Å². The second-order valence-electron chi connectivity index (χ2n) is 5.72. The number of benzene rings is 3. The molecule has 1 unspecified atom stereocenters. The van der Waals surface area contributed by atoms with Crippen LogP contribution in [0.5, 0.6) is 5.75 Å². The summed E-state index contributed by atoms with van der Waals surface area (Å²) in [6, 6.07) is 21.5. The number of hydrogen-bond acceptors (Lipinski definition) is 2. The molecule has 0 bridgehead atoms. The number of ether oxygens (including phenoxy) is 1. The lowest BCUT2D eigenvalue weighted by atomic mass is 10.0. The minimum Gasteiger partial charge on any atom is -0.494 e. The summed E-state index contributed by atoms with van der Waals surface area (Å²) < 4.78 is 5.45. The normalized spacial score (nSPS) is 11.9. The summed E-state index contributed by atoms with van der Waals surface area (Å²) in [5, 5.41) is 5.11. The summed E-state index contributed by atoms with van der Waals surface area (Å²) in [5.74, 6) is 0.780. The standard InChI is InChI=1S/C21H21NO2/c1-3-24-18-13-11-16(12-14-18)15(2)22-21(23)20-10-6-8-17-7-4-5-9-19(17)20/h4-15H,3H2,1-2H3,(H,22,23). The van der Waals surface area contributed by atoms with Crippen LogP contribution in [-0.2, 0) is 0 Å². The first-order valence-corrected chi connectivity index (χ1v) is 8.20. The Kier molecular flexibility index (Phi) is 4.80. The van der Waals surface area contributed by atoms with E-state index in [1.54, 1.807) is 0 Å². The molecule has 0 spiro atoms. The maximum Gasteiger partial charge on any atom is 0.252 e. The van der Waals surface area contributed by atoms with Gasteiger partial charge in [0.15, 0.2) is 0 Å². The lowest BCUT2D eigenvalue weighted by Crippen LogP contribution is -2.26. The summed E-state index contributed by atoms with van der Waals surface area (Å²) in [6.45, 7) is 4.59. The van der Waals surface area contributed by atoms with E-state index in [1.807, 2.05) is 80.6 Å². The molecule has 1 N–H and O–H groups in total. The molecule has 3 nitrogen and oxygen atoms in total. The molecule has 3 heteroatoms. The first-order chi connectivity index (χ1) is 11.7. The Labute approximate surface area is 142 Å². The van der Waals surface area contributed by atoms with Crippen molar-refractivity contribution in [1.82, 2.24) is 5.32 Å². The molecule has 0 aliphatic rings. The number of hydrogen-bond donors (Lipinski definition) is 1. The SMILES string of the molecule is CCOc1ccc(C(C)NC(=O)c2cccc3ccccc23)cc1. The fourth-order valence-corrected chi connectivity index (χ4v) is 2.80. The Morgan fingerprint density at radius 3 is 2.46 bits per heavy atom. The molecule has 1 atom stereocenters. The number of rotatable bonds is 5. The van der Waals surface area contributed by atoms with Crippen molar-refractivity contribution in [2.45, 2.75) is 19.9 Å². The summed E-state index contributed by atoms with van der Waals surface area (Å²) in [5.41, 5.74) is 1.75. The molecule has 3 aromatic carbocycles. The molecule has 0 saturated heterocycles. The van der Waals surface area contributed by atoms with Gasteiger partial charge in [-0.15, -0.1) is 0 Å². The fraction of sp³-hybridized carbons (Fsp3) is 0.190. The van der Waals surface area contributed by atoms with Crippen molar-refractivity contribution in [2.24, 2.45) is 0 Å². The summed E-state index contributed by atoms with van der Waals surface area (Å²) in [7, 11) is 0. The minimum absolute atomic E-state index is 0.0619. The second-order valence-corrected chi connectivity index (χ2v) is 5.72. The van der Waals surface area contributed by atoms with Gasteiger partial charge in [-0.2, -0.15) is 0 Å². The van der Waals surface area contributed by atoms with Crippen LogP contribution in [0.3, 0.4) is 0 Å². The molecule has 1 amide bonds. The molecule has 0 aliphatic carbocycles. The average Bonchev–Trinajstić information content (AvgIpc) is 2.62. The molecular weight excluding hydrogens is 298 g/mol. The van der Waals surface area contributed by atoms with E-state index >= 15 is 0 Å². The highest BCUT2D eigenvalue weighted by molar-refractivity contribution is 6.07. The third-order valence-electron chi connectivity index (χ3n) is 4.07. The van der Waals surface area contributed by atoms with Crippen LogP contribution in [0.1, 0.15) is 35.8 Å². The lowest BCUT2D eigenvalue weighted by Gasteiger charge is -2.16. The van der Waals surface area contributed by atoms with Crippen LogP contribution >= 0.6 is 0 Å². The topological polar surface area (TPSA) is 38.3 Å². The van der Waals surface area contributed by atoms with Gasteiger partial charge in [-0.3, -0.25) is 4.79 Å². The maximum absolute atomic E-state index is 12.7. The Bertz CT molecular complexity index is 835. The van der Waals surface area contributed by atoms with Crippen LogP contribution < -0.4 is 10.1 Å². The maximum atomic E-state index is 12.7. The second kappa shape index (κ2) is 7.18. The Hall–Kier alpha value is -2.81.